The van der Waals surface area contributed by atoms with Crippen molar-refractivity contribution in [2.75, 3.05) is 14.1 Å². The number of amides is 3. The Morgan fingerprint density at radius 2 is 1.72 bits per heavy atom. The molecule has 2 N–H and O–H groups in total. The van der Waals surface area contributed by atoms with Gasteiger partial charge in [-0.2, -0.15) is 5.43 Å². The van der Waals surface area contributed by atoms with Gasteiger partial charge in [0.25, 0.3) is 5.91 Å². The average Bonchev–Trinajstić information content (AvgIpc) is 3.15. The maximum absolute atomic E-state index is 13.0. The predicted molar refractivity (Wildman–Crippen MR) is 122 cm³/mol. The topological polar surface area (TPSA) is 103 Å². The summed E-state index contributed by atoms with van der Waals surface area (Å²) in [4.78, 5) is 29.7. The molecule has 0 saturated carbocycles. The number of hydrogen-bond donors (Lipinski definition) is 2. The summed E-state index contributed by atoms with van der Waals surface area (Å²) < 4.78 is 4.56. The zero-order chi connectivity index (χ0) is 23.0. The molecule has 2 aromatic rings. The second-order valence-electron chi connectivity index (χ2n) is 7.90. The third kappa shape index (κ3) is 3.81. The number of aryl methyl sites for hydroxylation is 1. The van der Waals surface area contributed by atoms with E-state index in [-0.39, 0.29) is 11.7 Å². The van der Waals surface area contributed by atoms with Gasteiger partial charge in [-0.25, -0.2) is 19.3 Å². The van der Waals surface area contributed by atoms with Gasteiger partial charge >= 0.3 is 17.8 Å². The van der Waals surface area contributed by atoms with Crippen molar-refractivity contribution in [3.05, 3.63) is 65.2 Å². The van der Waals surface area contributed by atoms with E-state index in [1.807, 2.05) is 43.0 Å². The lowest BCUT2D eigenvalue weighted by Gasteiger charge is -2.31. The van der Waals surface area contributed by atoms with E-state index in [1.165, 1.54) is 11.9 Å². The number of hydrazone groups is 1. The Hall–Kier alpha value is -4.10. The molecule has 2 aliphatic heterocycles. The maximum Gasteiger partial charge on any atom is 0.421 e. The first-order valence-electron chi connectivity index (χ1n) is 10.2. The molecule has 1 fully saturated rings. The molecule has 1 saturated heterocycles. The largest absolute Gasteiger partial charge is 0.508 e. The fraction of sp³-hybridized carbons (Fsp3) is 0.261. The minimum Gasteiger partial charge on any atom is -0.508 e. The van der Waals surface area contributed by atoms with Crippen molar-refractivity contribution >= 4 is 29.4 Å². The number of carbonyl (C=O) groups excluding carboxylic acids is 2. The number of imide groups is 1. The number of rotatable bonds is 4. The first kappa shape index (κ1) is 21.1. The molecule has 2 aromatic carbocycles. The standard InChI is InChI=1S/C23H24N6O3/c1-14-5-7-16(8-6-14)13-29-19-20(27(3)23(32)28(4)21(19)31)24-22(29)26-25-15(2)17-9-11-18(30)12-10-17/h5-12,19H,13H2,1-4H3,(H,25,30)/p+1. The highest BCUT2D eigenvalue weighted by molar-refractivity contribution is 6.23. The van der Waals surface area contributed by atoms with E-state index in [4.69, 9.17) is 0 Å². The SMILES string of the molecule is C/C(=N\NC1=[N+]=C2C(C(=O)N(C)C(=O)N2C)N1Cc1ccc(C)cc1)c1ccc(O)cc1. The van der Waals surface area contributed by atoms with Crippen molar-refractivity contribution in [1.29, 1.82) is 0 Å². The lowest BCUT2D eigenvalue weighted by Crippen LogP contribution is -2.63. The number of guanidine groups is 1. The van der Waals surface area contributed by atoms with Crippen LogP contribution in [0.4, 0.5) is 4.79 Å². The number of benzene rings is 2. The van der Waals surface area contributed by atoms with Gasteiger partial charge in [0.1, 0.15) is 5.75 Å². The van der Waals surface area contributed by atoms with Crippen LogP contribution in [0.5, 0.6) is 5.75 Å². The van der Waals surface area contributed by atoms with Gasteiger partial charge in [-0.15, -0.1) is 5.10 Å². The van der Waals surface area contributed by atoms with Gasteiger partial charge < -0.3 is 5.11 Å². The van der Waals surface area contributed by atoms with E-state index in [1.54, 1.807) is 31.3 Å². The van der Waals surface area contributed by atoms with Crippen LogP contribution < -0.4 is 10.1 Å². The van der Waals surface area contributed by atoms with E-state index in [0.29, 0.717) is 24.1 Å². The van der Waals surface area contributed by atoms with Gasteiger partial charge in [0, 0.05) is 7.05 Å². The molecule has 32 heavy (non-hydrogen) atoms. The first-order valence-corrected chi connectivity index (χ1v) is 10.2. The molecule has 1 atom stereocenters. The Labute approximate surface area is 186 Å². The molecule has 9 heteroatoms. The lowest BCUT2D eigenvalue weighted by molar-refractivity contribution is -0.130. The van der Waals surface area contributed by atoms with Crippen LogP contribution in [0.3, 0.4) is 0 Å². The second-order valence-corrected chi connectivity index (χ2v) is 7.90. The second kappa shape index (κ2) is 8.20. The van der Waals surface area contributed by atoms with Crippen molar-refractivity contribution in [2.45, 2.75) is 26.4 Å². The molecule has 2 aliphatic rings. The molecule has 3 amide bonds. The summed E-state index contributed by atoms with van der Waals surface area (Å²) in [5, 5.41) is 13.9. The van der Waals surface area contributed by atoms with Crippen molar-refractivity contribution < 1.29 is 14.7 Å². The molecule has 4 rings (SSSR count). The number of aromatic hydroxyl groups is 1. The first-order chi connectivity index (χ1) is 15.3. The number of phenolic OH excluding ortho intramolecular Hbond substituents is 1. The Balaban J connectivity index is 1.67. The van der Waals surface area contributed by atoms with Crippen LogP contribution in [0.15, 0.2) is 53.6 Å². The van der Waals surface area contributed by atoms with Crippen molar-refractivity contribution in [2.24, 2.45) is 5.10 Å². The van der Waals surface area contributed by atoms with Crippen LogP contribution in [0.25, 0.3) is 0 Å². The van der Waals surface area contributed by atoms with Crippen molar-refractivity contribution in [3.8, 4) is 5.75 Å². The fourth-order valence-corrected chi connectivity index (χ4v) is 3.65. The molecule has 2 heterocycles. The zero-order valence-corrected chi connectivity index (χ0v) is 18.4. The van der Waals surface area contributed by atoms with Crippen LogP contribution in [0.2, 0.25) is 0 Å². The van der Waals surface area contributed by atoms with Gasteiger partial charge in [-0.3, -0.25) is 9.69 Å². The van der Waals surface area contributed by atoms with Crippen LogP contribution in [0.1, 0.15) is 23.6 Å². The number of carbonyl (C=O) groups is 2. The summed E-state index contributed by atoms with van der Waals surface area (Å²) in [6.45, 7) is 4.25. The smallest absolute Gasteiger partial charge is 0.421 e. The van der Waals surface area contributed by atoms with Gasteiger partial charge in [-0.1, -0.05) is 29.8 Å². The molecule has 0 aromatic heterocycles. The zero-order valence-electron chi connectivity index (χ0n) is 18.4. The molecule has 1 unspecified atom stereocenters. The molecule has 0 radical (unpaired) electrons. The number of likely N-dealkylation sites (N-methyl/N-ethyl adjacent to an activating group) is 2. The fourth-order valence-electron chi connectivity index (χ4n) is 3.65. The van der Waals surface area contributed by atoms with E-state index in [0.717, 1.165) is 21.6 Å². The van der Waals surface area contributed by atoms with Crippen LogP contribution in [-0.4, -0.2) is 69.4 Å². The van der Waals surface area contributed by atoms with Crippen LogP contribution >= 0.6 is 0 Å². The molecule has 0 aliphatic carbocycles. The minimum atomic E-state index is -0.726. The number of fused-ring (bicyclic) bond motifs is 1. The lowest BCUT2D eigenvalue weighted by atomic mass is 10.1. The van der Waals surface area contributed by atoms with Crippen LogP contribution in [-0.2, 0) is 11.3 Å². The van der Waals surface area contributed by atoms with Gasteiger partial charge in [0.05, 0.1) is 19.3 Å². The Bertz CT molecular complexity index is 1160. The monoisotopic (exact) mass is 433 g/mol. The summed E-state index contributed by atoms with van der Waals surface area (Å²) >= 11 is 0. The number of nitrogens with one attached hydrogen (secondary N) is 1. The number of amidine groups is 1. The predicted octanol–water partition coefficient (Wildman–Crippen LogP) is 1.24. The van der Waals surface area contributed by atoms with E-state index >= 15 is 0 Å². The van der Waals surface area contributed by atoms with Crippen molar-refractivity contribution in [3.63, 3.8) is 0 Å². The minimum absolute atomic E-state index is 0.176. The maximum atomic E-state index is 13.0. The summed E-state index contributed by atoms with van der Waals surface area (Å²) in [5.41, 5.74) is 6.62. The van der Waals surface area contributed by atoms with Gasteiger partial charge in [0.2, 0.25) is 6.04 Å². The summed E-state index contributed by atoms with van der Waals surface area (Å²) in [6.07, 6.45) is 0. The highest BCUT2D eigenvalue weighted by atomic mass is 16.3. The quantitative estimate of drug-likeness (QED) is 0.429. The van der Waals surface area contributed by atoms with E-state index in [2.05, 4.69) is 15.2 Å². The van der Waals surface area contributed by atoms with E-state index in [9.17, 15) is 14.7 Å². The normalized spacial score (nSPS) is 18.6. The molecule has 0 bridgehead atoms. The van der Waals surface area contributed by atoms with Gasteiger partial charge in [0.15, 0.2) is 0 Å². The van der Waals surface area contributed by atoms with Crippen molar-refractivity contribution in [1.82, 2.24) is 24.8 Å². The average molecular weight is 433 g/mol. The molecule has 9 nitrogen and oxygen atoms in total. The Morgan fingerprint density at radius 1 is 1.06 bits per heavy atom. The van der Waals surface area contributed by atoms with E-state index < -0.39 is 12.1 Å². The Kier molecular flexibility index (Phi) is 5.42. The number of nitrogens with zero attached hydrogens (tertiary/aromatic N) is 5. The van der Waals surface area contributed by atoms with Crippen LogP contribution in [0, 0.1) is 6.92 Å². The number of urea groups is 1. The summed E-state index contributed by atoms with van der Waals surface area (Å²) in [7, 11) is 3.08. The number of hydrogen-bond acceptors (Lipinski definition) is 6. The molecular weight excluding hydrogens is 408 g/mol. The molecule has 0 spiro atoms. The number of phenols is 1. The Morgan fingerprint density at radius 3 is 2.38 bits per heavy atom. The molecular formula is C23H25N6O3+. The third-order valence-corrected chi connectivity index (χ3v) is 5.61. The highest BCUT2D eigenvalue weighted by Crippen LogP contribution is 2.20. The molecule has 164 valence electrons. The van der Waals surface area contributed by atoms with Gasteiger partial charge in [-0.05, 0) is 49.2 Å². The third-order valence-electron chi connectivity index (χ3n) is 5.61. The summed E-state index contributed by atoms with van der Waals surface area (Å²) in [5.74, 6) is 0.585. The highest BCUT2D eigenvalue weighted by Gasteiger charge is 2.54. The summed E-state index contributed by atoms with van der Waals surface area (Å²) in [6, 6.07) is 13.6.